The van der Waals surface area contributed by atoms with Crippen molar-refractivity contribution in [2.24, 2.45) is 0 Å². The van der Waals surface area contributed by atoms with Crippen LogP contribution in [0.3, 0.4) is 0 Å². The van der Waals surface area contributed by atoms with Gasteiger partial charge in [-0.05, 0) is 53.8 Å². The van der Waals surface area contributed by atoms with Crippen molar-refractivity contribution in [3.05, 3.63) is 59.5 Å². The molecular formula is C20H20FNO. The molecule has 0 bridgehead atoms. The summed E-state index contributed by atoms with van der Waals surface area (Å²) in [5.74, 6) is 0.886. The van der Waals surface area contributed by atoms with Crippen LogP contribution in [0.15, 0.2) is 42.5 Å². The van der Waals surface area contributed by atoms with E-state index in [1.807, 2.05) is 37.3 Å². The molecule has 0 aliphatic heterocycles. The van der Waals surface area contributed by atoms with Crippen LogP contribution in [0.4, 0.5) is 4.39 Å². The molecule has 0 aliphatic rings. The number of ether oxygens (including phenoxy) is 1. The van der Waals surface area contributed by atoms with Crippen LogP contribution in [0.2, 0.25) is 0 Å². The number of rotatable bonds is 3. The van der Waals surface area contributed by atoms with Crippen molar-refractivity contribution in [1.82, 2.24) is 4.98 Å². The largest absolute Gasteiger partial charge is 0.497 e. The Morgan fingerprint density at radius 1 is 1.04 bits per heavy atom. The van der Waals surface area contributed by atoms with Gasteiger partial charge in [-0.3, -0.25) is 4.98 Å². The van der Waals surface area contributed by atoms with Crippen LogP contribution >= 0.6 is 0 Å². The van der Waals surface area contributed by atoms with Gasteiger partial charge in [0.05, 0.1) is 12.6 Å². The molecule has 118 valence electrons. The van der Waals surface area contributed by atoms with Crippen molar-refractivity contribution in [1.29, 1.82) is 0 Å². The molecule has 2 nitrogen and oxygen atoms in total. The third kappa shape index (κ3) is 2.79. The van der Waals surface area contributed by atoms with E-state index in [-0.39, 0.29) is 5.82 Å². The smallest absolute Gasteiger partial charge is 0.123 e. The minimum absolute atomic E-state index is 0.225. The molecule has 3 heteroatoms. The summed E-state index contributed by atoms with van der Waals surface area (Å²) in [5.41, 5.74) is 5.24. The fourth-order valence-electron chi connectivity index (χ4n) is 3.14. The maximum absolute atomic E-state index is 13.3. The fraction of sp³-hybridized carbons (Fsp3) is 0.250. The first-order valence-electron chi connectivity index (χ1n) is 7.75. The number of nitrogens with zero attached hydrogens (tertiary/aromatic N) is 1. The van der Waals surface area contributed by atoms with Gasteiger partial charge < -0.3 is 4.74 Å². The number of pyridine rings is 1. The molecule has 3 rings (SSSR count). The van der Waals surface area contributed by atoms with E-state index in [0.29, 0.717) is 5.92 Å². The van der Waals surface area contributed by atoms with Gasteiger partial charge in [-0.2, -0.15) is 0 Å². The molecule has 0 aliphatic carbocycles. The molecule has 0 saturated heterocycles. The number of halogens is 1. The van der Waals surface area contributed by atoms with Crippen molar-refractivity contribution < 1.29 is 9.13 Å². The molecule has 0 atom stereocenters. The number of benzene rings is 2. The van der Waals surface area contributed by atoms with Crippen LogP contribution < -0.4 is 4.74 Å². The molecule has 0 amide bonds. The highest BCUT2D eigenvalue weighted by atomic mass is 19.1. The van der Waals surface area contributed by atoms with E-state index >= 15 is 0 Å². The van der Waals surface area contributed by atoms with Gasteiger partial charge in [-0.1, -0.05) is 26.0 Å². The summed E-state index contributed by atoms with van der Waals surface area (Å²) >= 11 is 0. The van der Waals surface area contributed by atoms with Gasteiger partial charge in [-0.25, -0.2) is 4.39 Å². The summed E-state index contributed by atoms with van der Waals surface area (Å²) in [6.45, 7) is 6.35. The Morgan fingerprint density at radius 2 is 1.74 bits per heavy atom. The van der Waals surface area contributed by atoms with Crippen LogP contribution in [0, 0.1) is 12.7 Å². The molecule has 1 heterocycles. The first-order chi connectivity index (χ1) is 11.0. The van der Waals surface area contributed by atoms with Crippen LogP contribution in [-0.4, -0.2) is 12.1 Å². The zero-order valence-corrected chi connectivity index (χ0v) is 13.9. The Morgan fingerprint density at radius 3 is 2.35 bits per heavy atom. The SMILES string of the molecule is COc1ccc2c(-c3ccc(F)cc3)c(C(C)C)c(C)nc2c1. The second-order valence-corrected chi connectivity index (χ2v) is 6.03. The number of aryl methyl sites for hydroxylation is 1. The Hall–Kier alpha value is -2.42. The lowest BCUT2D eigenvalue weighted by Gasteiger charge is -2.19. The summed E-state index contributed by atoms with van der Waals surface area (Å²) < 4.78 is 18.6. The summed E-state index contributed by atoms with van der Waals surface area (Å²) in [6.07, 6.45) is 0. The van der Waals surface area contributed by atoms with Crippen LogP contribution in [-0.2, 0) is 0 Å². The Labute approximate surface area is 135 Å². The number of fused-ring (bicyclic) bond motifs is 1. The van der Waals surface area contributed by atoms with E-state index in [1.54, 1.807) is 7.11 Å². The van der Waals surface area contributed by atoms with Crippen molar-refractivity contribution >= 4 is 10.9 Å². The second-order valence-electron chi connectivity index (χ2n) is 6.03. The highest BCUT2D eigenvalue weighted by molar-refractivity contribution is 5.97. The van der Waals surface area contributed by atoms with E-state index in [2.05, 4.69) is 13.8 Å². The minimum atomic E-state index is -0.225. The Bertz CT molecular complexity index is 854. The van der Waals surface area contributed by atoms with Crippen molar-refractivity contribution in [3.8, 4) is 16.9 Å². The molecule has 2 aromatic carbocycles. The maximum atomic E-state index is 13.3. The monoisotopic (exact) mass is 309 g/mol. The lowest BCUT2D eigenvalue weighted by Crippen LogP contribution is -2.01. The number of aromatic nitrogens is 1. The highest BCUT2D eigenvalue weighted by Gasteiger charge is 2.17. The molecule has 0 radical (unpaired) electrons. The molecule has 23 heavy (non-hydrogen) atoms. The fourth-order valence-corrected chi connectivity index (χ4v) is 3.14. The summed E-state index contributed by atoms with van der Waals surface area (Å²) in [6, 6.07) is 12.6. The van der Waals surface area contributed by atoms with Crippen LogP contribution in [0.5, 0.6) is 5.75 Å². The third-order valence-corrected chi connectivity index (χ3v) is 4.13. The zero-order valence-electron chi connectivity index (χ0n) is 13.9. The zero-order chi connectivity index (χ0) is 16.6. The topological polar surface area (TPSA) is 22.1 Å². The Balaban J connectivity index is 2.39. The average molecular weight is 309 g/mol. The van der Waals surface area contributed by atoms with Gasteiger partial charge in [-0.15, -0.1) is 0 Å². The molecule has 0 saturated carbocycles. The number of methoxy groups -OCH3 is 1. The van der Waals surface area contributed by atoms with Crippen LogP contribution in [0.1, 0.15) is 31.0 Å². The van der Waals surface area contributed by atoms with E-state index in [1.165, 1.54) is 17.7 Å². The van der Waals surface area contributed by atoms with Gasteiger partial charge in [0, 0.05) is 17.1 Å². The van der Waals surface area contributed by atoms with Gasteiger partial charge in [0.25, 0.3) is 0 Å². The molecule has 0 spiro atoms. The van der Waals surface area contributed by atoms with Gasteiger partial charge in [0.2, 0.25) is 0 Å². The van der Waals surface area contributed by atoms with Crippen molar-refractivity contribution in [3.63, 3.8) is 0 Å². The van der Waals surface area contributed by atoms with E-state index < -0.39 is 0 Å². The maximum Gasteiger partial charge on any atom is 0.123 e. The number of hydrogen-bond donors (Lipinski definition) is 0. The van der Waals surface area contributed by atoms with Gasteiger partial charge in [0.15, 0.2) is 0 Å². The summed E-state index contributed by atoms with van der Waals surface area (Å²) in [4.78, 5) is 4.76. The molecule has 0 fully saturated rings. The minimum Gasteiger partial charge on any atom is -0.497 e. The molecule has 3 aromatic rings. The summed E-state index contributed by atoms with van der Waals surface area (Å²) in [5, 5.41) is 1.06. The Kier molecular flexibility index (Phi) is 4.03. The molecule has 0 unspecified atom stereocenters. The first-order valence-corrected chi connectivity index (χ1v) is 7.75. The molecular weight excluding hydrogens is 289 g/mol. The van der Waals surface area contributed by atoms with Crippen LogP contribution in [0.25, 0.3) is 22.0 Å². The van der Waals surface area contributed by atoms with Gasteiger partial charge in [0.1, 0.15) is 11.6 Å². The highest BCUT2D eigenvalue weighted by Crippen LogP contribution is 2.37. The standard InChI is InChI=1S/C20H20FNO/c1-12(2)19-13(3)22-18-11-16(23-4)9-10-17(18)20(19)14-5-7-15(21)8-6-14/h5-12H,1-4H3. The van der Waals surface area contributed by atoms with E-state index in [9.17, 15) is 4.39 Å². The van der Waals surface area contributed by atoms with Crippen molar-refractivity contribution in [2.45, 2.75) is 26.7 Å². The van der Waals surface area contributed by atoms with Crippen molar-refractivity contribution in [2.75, 3.05) is 7.11 Å². The lowest BCUT2D eigenvalue weighted by molar-refractivity contribution is 0.415. The first kappa shape index (κ1) is 15.5. The lowest BCUT2D eigenvalue weighted by atomic mass is 9.88. The molecule has 0 N–H and O–H groups in total. The summed E-state index contributed by atoms with van der Waals surface area (Å²) in [7, 11) is 1.65. The number of hydrogen-bond acceptors (Lipinski definition) is 2. The normalized spacial score (nSPS) is 11.2. The van der Waals surface area contributed by atoms with E-state index in [0.717, 1.165) is 33.5 Å². The molecule has 1 aromatic heterocycles. The predicted octanol–water partition coefficient (Wildman–Crippen LogP) is 5.48. The van der Waals surface area contributed by atoms with Gasteiger partial charge >= 0.3 is 0 Å². The second kappa shape index (κ2) is 5.99. The average Bonchev–Trinajstić information content (AvgIpc) is 2.53. The quantitative estimate of drug-likeness (QED) is 0.639. The third-order valence-electron chi connectivity index (χ3n) is 4.13. The van der Waals surface area contributed by atoms with E-state index in [4.69, 9.17) is 9.72 Å². The predicted molar refractivity (Wildman–Crippen MR) is 92.5 cm³/mol.